The number of oxazole rings is 1. The predicted molar refractivity (Wildman–Crippen MR) is 71.8 cm³/mol. The van der Waals surface area contributed by atoms with Crippen molar-refractivity contribution in [3.8, 4) is 0 Å². The van der Waals surface area contributed by atoms with Gasteiger partial charge in [-0.25, -0.2) is 4.79 Å². The highest BCUT2D eigenvalue weighted by molar-refractivity contribution is 5.72. The average Bonchev–Trinajstić information content (AvgIpc) is 2.68. The van der Waals surface area contributed by atoms with Crippen LogP contribution in [0, 0.1) is 0 Å². The van der Waals surface area contributed by atoms with Crippen LogP contribution >= 0.6 is 0 Å². The van der Waals surface area contributed by atoms with Gasteiger partial charge in [-0.2, -0.15) is 0 Å². The van der Waals surface area contributed by atoms with Crippen molar-refractivity contribution in [1.82, 2.24) is 15.2 Å². The highest BCUT2D eigenvalue weighted by atomic mass is 16.4. The lowest BCUT2D eigenvalue weighted by atomic mass is 10.1. The maximum atomic E-state index is 11.1. The van der Waals surface area contributed by atoms with Crippen molar-refractivity contribution in [2.75, 3.05) is 27.2 Å². The second-order valence-electron chi connectivity index (χ2n) is 4.56. The van der Waals surface area contributed by atoms with Crippen LogP contribution in [0.1, 0.15) is 18.5 Å². The van der Waals surface area contributed by atoms with Crippen molar-refractivity contribution in [2.24, 2.45) is 0 Å². The van der Waals surface area contributed by atoms with Gasteiger partial charge in [0.1, 0.15) is 0 Å². The Balaban J connectivity index is 2.34. The Labute approximate surface area is 106 Å². The first-order chi connectivity index (χ1) is 8.61. The smallest absolute Gasteiger partial charge is 0.408 e. The van der Waals surface area contributed by atoms with E-state index in [2.05, 4.69) is 22.1 Å². The zero-order valence-electron chi connectivity index (χ0n) is 11.0. The minimum Gasteiger partial charge on any atom is -0.408 e. The predicted octanol–water partition coefficient (Wildman–Crippen LogP) is 1.33. The molecule has 0 saturated heterocycles. The fourth-order valence-electron chi connectivity index (χ4n) is 2.06. The number of hydrogen-bond acceptors (Lipinski definition) is 4. The van der Waals surface area contributed by atoms with Gasteiger partial charge in [0, 0.05) is 12.6 Å². The lowest BCUT2D eigenvalue weighted by Crippen LogP contribution is -2.30. The monoisotopic (exact) mass is 249 g/mol. The van der Waals surface area contributed by atoms with E-state index in [9.17, 15) is 4.79 Å². The number of fused-ring (bicyclic) bond motifs is 1. The lowest BCUT2D eigenvalue weighted by Gasteiger charge is -2.25. The first-order valence-electron chi connectivity index (χ1n) is 6.11. The molecular formula is C13H19N3O2. The second-order valence-corrected chi connectivity index (χ2v) is 4.56. The van der Waals surface area contributed by atoms with E-state index in [1.165, 1.54) is 0 Å². The summed E-state index contributed by atoms with van der Waals surface area (Å²) in [6, 6.07) is 6.08. The second kappa shape index (κ2) is 5.37. The van der Waals surface area contributed by atoms with Crippen molar-refractivity contribution < 1.29 is 4.42 Å². The average molecular weight is 249 g/mol. The topological polar surface area (TPSA) is 61.3 Å². The van der Waals surface area contributed by atoms with Crippen LogP contribution in [-0.4, -0.2) is 37.1 Å². The number of nitrogens with one attached hydrogen (secondary N) is 2. The first-order valence-corrected chi connectivity index (χ1v) is 6.11. The van der Waals surface area contributed by atoms with Gasteiger partial charge in [-0.3, -0.25) is 4.98 Å². The lowest BCUT2D eigenvalue weighted by molar-refractivity contribution is 0.290. The molecule has 98 valence electrons. The van der Waals surface area contributed by atoms with Crippen molar-refractivity contribution in [2.45, 2.75) is 13.0 Å². The number of likely N-dealkylation sites (N-methyl/N-ethyl adjacent to an activating group) is 2. The standard InChI is InChI=1S/C13H19N3O2/c1-4-14-8-11(16(2)3)9-5-6-12-10(7-9)15-13(17)18-12/h5-7,11,14H,4,8H2,1-3H3,(H,15,17). The van der Waals surface area contributed by atoms with Gasteiger partial charge in [0.2, 0.25) is 0 Å². The summed E-state index contributed by atoms with van der Waals surface area (Å²) in [4.78, 5) is 16.0. The fourth-order valence-corrected chi connectivity index (χ4v) is 2.06. The molecule has 2 rings (SSSR count). The van der Waals surface area contributed by atoms with Crippen LogP contribution in [0.25, 0.3) is 11.1 Å². The number of aromatic amines is 1. The molecule has 0 aliphatic rings. The van der Waals surface area contributed by atoms with Crippen LogP contribution in [-0.2, 0) is 0 Å². The van der Waals surface area contributed by atoms with Gasteiger partial charge >= 0.3 is 5.76 Å². The molecule has 0 aliphatic heterocycles. The summed E-state index contributed by atoms with van der Waals surface area (Å²) in [7, 11) is 4.09. The molecule has 0 spiro atoms. The Hall–Kier alpha value is -1.59. The molecule has 0 saturated carbocycles. The molecular weight excluding hydrogens is 230 g/mol. The molecule has 0 aliphatic carbocycles. The summed E-state index contributed by atoms with van der Waals surface area (Å²) in [6.45, 7) is 3.90. The molecule has 2 aromatic rings. The Morgan fingerprint density at radius 2 is 2.22 bits per heavy atom. The van der Waals surface area contributed by atoms with Gasteiger partial charge in [0.25, 0.3) is 0 Å². The Morgan fingerprint density at radius 1 is 1.44 bits per heavy atom. The van der Waals surface area contributed by atoms with E-state index in [1.54, 1.807) is 0 Å². The van der Waals surface area contributed by atoms with Crippen LogP contribution in [0.3, 0.4) is 0 Å². The SMILES string of the molecule is CCNCC(c1ccc2oc(=O)[nH]c2c1)N(C)C. The maximum Gasteiger partial charge on any atom is 0.417 e. The fraction of sp³-hybridized carbons (Fsp3) is 0.462. The number of hydrogen-bond donors (Lipinski definition) is 2. The molecule has 5 nitrogen and oxygen atoms in total. The van der Waals surface area contributed by atoms with E-state index in [0.29, 0.717) is 5.58 Å². The van der Waals surface area contributed by atoms with Crippen LogP contribution in [0.15, 0.2) is 27.4 Å². The molecule has 2 N–H and O–H groups in total. The molecule has 1 aromatic carbocycles. The van der Waals surface area contributed by atoms with Gasteiger partial charge in [-0.05, 0) is 38.3 Å². The normalized spacial score (nSPS) is 13.3. The molecule has 5 heteroatoms. The van der Waals surface area contributed by atoms with Crippen molar-refractivity contribution in [1.29, 1.82) is 0 Å². The molecule has 0 fully saturated rings. The highest BCUT2D eigenvalue weighted by Gasteiger charge is 2.14. The van der Waals surface area contributed by atoms with Crippen molar-refractivity contribution >= 4 is 11.1 Å². The molecule has 1 atom stereocenters. The molecule has 18 heavy (non-hydrogen) atoms. The molecule has 1 heterocycles. The van der Waals surface area contributed by atoms with E-state index in [1.807, 2.05) is 32.3 Å². The third-order valence-electron chi connectivity index (χ3n) is 3.04. The maximum absolute atomic E-state index is 11.1. The van der Waals surface area contributed by atoms with E-state index in [-0.39, 0.29) is 6.04 Å². The van der Waals surface area contributed by atoms with Crippen LogP contribution in [0.4, 0.5) is 0 Å². The summed E-state index contributed by atoms with van der Waals surface area (Å²) < 4.78 is 5.00. The van der Waals surface area contributed by atoms with Crippen LogP contribution < -0.4 is 11.1 Å². The quantitative estimate of drug-likeness (QED) is 0.839. The summed E-state index contributed by atoms with van der Waals surface area (Å²) in [5.74, 6) is -0.407. The van der Waals surface area contributed by atoms with E-state index in [0.717, 1.165) is 24.2 Å². The molecule has 1 aromatic heterocycles. The zero-order chi connectivity index (χ0) is 13.1. The summed E-state index contributed by atoms with van der Waals surface area (Å²) in [5, 5.41) is 3.34. The Kier molecular flexibility index (Phi) is 3.84. The number of H-pyrrole nitrogens is 1. The van der Waals surface area contributed by atoms with E-state index in [4.69, 9.17) is 4.42 Å². The minimum atomic E-state index is -0.407. The van der Waals surface area contributed by atoms with Gasteiger partial charge in [-0.15, -0.1) is 0 Å². The number of nitrogens with zero attached hydrogens (tertiary/aromatic N) is 1. The third-order valence-corrected chi connectivity index (χ3v) is 3.04. The number of benzene rings is 1. The minimum absolute atomic E-state index is 0.271. The van der Waals surface area contributed by atoms with Crippen molar-refractivity contribution in [3.63, 3.8) is 0 Å². The molecule has 0 amide bonds. The molecule has 0 bridgehead atoms. The molecule has 1 unspecified atom stereocenters. The summed E-state index contributed by atoms with van der Waals surface area (Å²) >= 11 is 0. The van der Waals surface area contributed by atoms with E-state index < -0.39 is 5.76 Å². The van der Waals surface area contributed by atoms with Gasteiger partial charge in [0.15, 0.2) is 5.58 Å². The van der Waals surface area contributed by atoms with Crippen LogP contribution in [0.5, 0.6) is 0 Å². The number of rotatable bonds is 5. The van der Waals surface area contributed by atoms with Gasteiger partial charge < -0.3 is 14.6 Å². The first kappa shape index (κ1) is 12.9. The van der Waals surface area contributed by atoms with Crippen molar-refractivity contribution in [3.05, 3.63) is 34.3 Å². The highest BCUT2D eigenvalue weighted by Crippen LogP contribution is 2.21. The van der Waals surface area contributed by atoms with Gasteiger partial charge in [0.05, 0.1) is 5.52 Å². The summed E-state index contributed by atoms with van der Waals surface area (Å²) in [5.41, 5.74) is 2.51. The van der Waals surface area contributed by atoms with E-state index >= 15 is 0 Å². The third kappa shape index (κ3) is 2.63. The van der Waals surface area contributed by atoms with Crippen LogP contribution in [0.2, 0.25) is 0 Å². The zero-order valence-corrected chi connectivity index (χ0v) is 11.0. The Bertz CT molecular complexity index is 571. The van der Waals surface area contributed by atoms with Gasteiger partial charge in [-0.1, -0.05) is 13.0 Å². The molecule has 0 radical (unpaired) electrons. The Morgan fingerprint density at radius 3 is 2.89 bits per heavy atom. The number of aromatic nitrogens is 1. The largest absolute Gasteiger partial charge is 0.417 e. The summed E-state index contributed by atoms with van der Waals surface area (Å²) in [6.07, 6.45) is 0.